The van der Waals surface area contributed by atoms with Gasteiger partial charge in [0.2, 0.25) is 0 Å². The van der Waals surface area contributed by atoms with Crippen molar-refractivity contribution in [3.05, 3.63) is 13.8 Å². The van der Waals surface area contributed by atoms with E-state index in [0.29, 0.717) is 0 Å². The zero-order valence-corrected chi connectivity index (χ0v) is 7.53. The van der Waals surface area contributed by atoms with Crippen LogP contribution >= 0.6 is 0 Å². The zero-order valence-electron chi connectivity index (χ0n) is 7.53. The van der Waals surface area contributed by atoms with Crippen LogP contribution in [0.5, 0.6) is 0 Å². The van der Waals surface area contributed by atoms with E-state index >= 15 is 0 Å². The van der Waals surface area contributed by atoms with Crippen LogP contribution in [0.3, 0.4) is 0 Å². The Morgan fingerprint density at radius 3 is 2.64 bits per heavy atom. The first kappa shape index (κ1) is 10.6. The average Bonchev–Trinajstić information content (AvgIpc) is 2.05. The van der Waals surface area contributed by atoms with Crippen LogP contribution in [0.2, 0.25) is 0 Å². The smallest absolute Gasteiger partial charge is 0.0198 e. The Bertz CT molecular complexity index is 121. The van der Waals surface area contributed by atoms with Gasteiger partial charge in [-0.05, 0) is 18.8 Å². The molecule has 0 N–H and O–H groups in total. The first-order chi connectivity index (χ1) is 5.35. The highest BCUT2D eigenvalue weighted by atomic mass is 14.1. The van der Waals surface area contributed by atoms with E-state index < -0.39 is 0 Å². The van der Waals surface area contributed by atoms with Crippen molar-refractivity contribution in [1.29, 1.82) is 0 Å². The predicted molar refractivity (Wildman–Crippen MR) is 50.7 cm³/mol. The van der Waals surface area contributed by atoms with Crippen molar-refractivity contribution in [1.82, 2.24) is 0 Å². The van der Waals surface area contributed by atoms with Gasteiger partial charge in [-0.3, -0.25) is 0 Å². The van der Waals surface area contributed by atoms with Gasteiger partial charge >= 0.3 is 0 Å². The summed E-state index contributed by atoms with van der Waals surface area (Å²) >= 11 is 0. The minimum Gasteiger partial charge on any atom is -0.103 e. The number of rotatable bonds is 5. The standard InChI is InChI=1S/C11H18/c1-4-7-8-9-10-11(5-2)6-3/h11H,1-2,5-6,8-10H2,3H3. The predicted octanol–water partition coefficient (Wildman–Crippen LogP) is 3.24. The van der Waals surface area contributed by atoms with E-state index in [2.05, 4.69) is 32.6 Å². The van der Waals surface area contributed by atoms with Crippen molar-refractivity contribution in [2.24, 2.45) is 5.92 Å². The monoisotopic (exact) mass is 150 g/mol. The second-order valence-electron chi connectivity index (χ2n) is 2.81. The number of hydrogen-bond acceptors (Lipinski definition) is 0. The van der Waals surface area contributed by atoms with Crippen LogP contribution in [0, 0.1) is 31.6 Å². The molecule has 1 unspecified atom stereocenters. The topological polar surface area (TPSA) is 0 Å². The lowest BCUT2D eigenvalue weighted by molar-refractivity contribution is 0.461. The molecule has 0 aromatic rings. The number of unbranched alkanes of at least 4 members (excludes halogenated alkanes) is 1. The first-order valence-electron chi connectivity index (χ1n) is 4.39. The quantitative estimate of drug-likeness (QED) is 0.417. The highest BCUT2D eigenvalue weighted by Crippen LogP contribution is 2.14. The highest BCUT2D eigenvalue weighted by molar-refractivity contribution is 5.00. The van der Waals surface area contributed by atoms with Crippen LogP contribution in [-0.4, -0.2) is 0 Å². The second kappa shape index (κ2) is 7.66. The third kappa shape index (κ3) is 5.98. The molecule has 0 saturated heterocycles. The van der Waals surface area contributed by atoms with Crippen molar-refractivity contribution < 1.29 is 0 Å². The second-order valence-corrected chi connectivity index (χ2v) is 2.81. The molecule has 0 amide bonds. The van der Waals surface area contributed by atoms with Crippen molar-refractivity contribution in [2.75, 3.05) is 0 Å². The Morgan fingerprint density at radius 2 is 2.18 bits per heavy atom. The maximum Gasteiger partial charge on any atom is 0.0198 e. The molecule has 11 heavy (non-hydrogen) atoms. The van der Waals surface area contributed by atoms with Gasteiger partial charge < -0.3 is 0 Å². The normalized spacial score (nSPS) is 9.45. The molecule has 0 saturated carbocycles. The summed E-state index contributed by atoms with van der Waals surface area (Å²) in [5.74, 6) is 6.44. The van der Waals surface area contributed by atoms with E-state index in [-0.39, 0.29) is 0 Å². The summed E-state index contributed by atoms with van der Waals surface area (Å²) in [6.07, 6.45) is 5.79. The minimum absolute atomic E-state index is 0.807. The third-order valence-electron chi connectivity index (χ3n) is 2.02. The van der Waals surface area contributed by atoms with Crippen LogP contribution in [0.1, 0.15) is 39.0 Å². The van der Waals surface area contributed by atoms with Gasteiger partial charge in [0.15, 0.2) is 0 Å². The van der Waals surface area contributed by atoms with E-state index in [9.17, 15) is 0 Å². The fourth-order valence-corrected chi connectivity index (χ4v) is 1.12. The fourth-order valence-electron chi connectivity index (χ4n) is 1.12. The van der Waals surface area contributed by atoms with Gasteiger partial charge in [-0.15, -0.1) is 11.8 Å². The molecular weight excluding hydrogens is 132 g/mol. The van der Waals surface area contributed by atoms with Gasteiger partial charge in [0.25, 0.3) is 0 Å². The molecule has 2 radical (unpaired) electrons. The molecule has 0 aliphatic rings. The molecule has 0 fully saturated rings. The number of hydrogen-bond donors (Lipinski definition) is 0. The molecule has 0 aromatic heterocycles. The van der Waals surface area contributed by atoms with Gasteiger partial charge in [-0.2, -0.15) is 0 Å². The molecule has 62 valence electrons. The van der Waals surface area contributed by atoms with Crippen molar-refractivity contribution in [2.45, 2.75) is 39.0 Å². The highest BCUT2D eigenvalue weighted by Gasteiger charge is 2.00. The third-order valence-corrected chi connectivity index (χ3v) is 2.02. The van der Waals surface area contributed by atoms with Crippen LogP contribution in [0.25, 0.3) is 0 Å². The molecule has 0 heterocycles. The molecule has 0 aliphatic carbocycles. The SMILES string of the molecule is [CH2]C#CCCCC(C[CH2])CC. The van der Waals surface area contributed by atoms with Crippen LogP contribution < -0.4 is 0 Å². The van der Waals surface area contributed by atoms with Gasteiger partial charge in [0, 0.05) is 13.3 Å². The molecule has 0 aliphatic heterocycles. The molecule has 0 spiro atoms. The van der Waals surface area contributed by atoms with Gasteiger partial charge in [-0.25, -0.2) is 0 Å². The Kier molecular flexibility index (Phi) is 7.36. The van der Waals surface area contributed by atoms with Crippen LogP contribution in [0.4, 0.5) is 0 Å². The summed E-state index contributed by atoms with van der Waals surface area (Å²) in [4.78, 5) is 0. The Labute approximate surface area is 71.4 Å². The Morgan fingerprint density at radius 1 is 1.45 bits per heavy atom. The summed E-state index contributed by atoms with van der Waals surface area (Å²) in [7, 11) is 0. The summed E-state index contributed by atoms with van der Waals surface area (Å²) in [6, 6.07) is 0. The molecule has 0 aromatic carbocycles. The van der Waals surface area contributed by atoms with E-state index in [1.807, 2.05) is 0 Å². The van der Waals surface area contributed by atoms with E-state index in [1.54, 1.807) is 0 Å². The average molecular weight is 150 g/mol. The van der Waals surface area contributed by atoms with E-state index in [1.165, 1.54) is 19.3 Å². The Hall–Kier alpha value is -0.440. The van der Waals surface area contributed by atoms with Crippen LogP contribution in [0.15, 0.2) is 0 Å². The molecule has 0 rings (SSSR count). The van der Waals surface area contributed by atoms with Gasteiger partial charge in [-0.1, -0.05) is 26.7 Å². The maximum absolute atomic E-state index is 3.91. The molecule has 0 heteroatoms. The molecule has 0 nitrogen and oxygen atoms in total. The lowest BCUT2D eigenvalue weighted by Crippen LogP contribution is -1.95. The van der Waals surface area contributed by atoms with Crippen molar-refractivity contribution in [3.63, 3.8) is 0 Å². The molecular formula is C11H18. The molecule has 0 bridgehead atoms. The minimum atomic E-state index is 0.807. The van der Waals surface area contributed by atoms with Gasteiger partial charge in [0.1, 0.15) is 0 Å². The van der Waals surface area contributed by atoms with Crippen molar-refractivity contribution >= 4 is 0 Å². The Balaban J connectivity index is 3.25. The zero-order chi connectivity index (χ0) is 8.53. The van der Waals surface area contributed by atoms with Crippen LogP contribution in [-0.2, 0) is 0 Å². The largest absolute Gasteiger partial charge is 0.103 e. The van der Waals surface area contributed by atoms with E-state index in [0.717, 1.165) is 18.8 Å². The summed E-state index contributed by atoms with van der Waals surface area (Å²) in [5.41, 5.74) is 0. The van der Waals surface area contributed by atoms with Crippen molar-refractivity contribution in [3.8, 4) is 11.8 Å². The summed E-state index contributed by atoms with van der Waals surface area (Å²) in [5, 5.41) is 0. The first-order valence-corrected chi connectivity index (χ1v) is 4.39. The lowest BCUT2D eigenvalue weighted by Gasteiger charge is -2.09. The van der Waals surface area contributed by atoms with Gasteiger partial charge in [0.05, 0.1) is 0 Å². The lowest BCUT2D eigenvalue weighted by atomic mass is 9.97. The van der Waals surface area contributed by atoms with E-state index in [4.69, 9.17) is 0 Å². The maximum atomic E-state index is 3.91. The summed E-state index contributed by atoms with van der Waals surface area (Å²) in [6.45, 7) is 9.60. The fraction of sp³-hybridized carbons (Fsp3) is 0.636. The summed E-state index contributed by atoms with van der Waals surface area (Å²) < 4.78 is 0. The molecule has 1 atom stereocenters.